The molecular formula is C23H21ClN4O2. The quantitative estimate of drug-likeness (QED) is 0.428. The Morgan fingerprint density at radius 3 is 2.67 bits per heavy atom. The fourth-order valence-electron chi connectivity index (χ4n) is 4.16. The van der Waals surface area contributed by atoms with Gasteiger partial charge in [-0.25, -0.2) is 4.98 Å². The standard InChI is InChI=1S/C23H21ClN4O2/c1-14-21(15(2)30-27-14)17-8-9-19-18(12-17)22(26-23(24)25-19)28-10-11-29-13-20(28)16-6-4-3-5-7-16/h3-9,12,20H,10-11,13H2,1-2H3/t20-/m0/s1. The largest absolute Gasteiger partial charge is 0.377 e. The molecule has 0 saturated carbocycles. The fourth-order valence-corrected chi connectivity index (χ4v) is 4.33. The molecule has 3 heterocycles. The number of hydrogen-bond donors (Lipinski definition) is 0. The van der Waals surface area contributed by atoms with Crippen molar-refractivity contribution in [2.75, 3.05) is 24.7 Å². The van der Waals surface area contributed by atoms with Crippen molar-refractivity contribution in [3.8, 4) is 11.1 Å². The Morgan fingerprint density at radius 1 is 1.07 bits per heavy atom. The number of aromatic nitrogens is 3. The molecule has 1 fully saturated rings. The molecule has 2 aromatic heterocycles. The van der Waals surface area contributed by atoms with Crippen molar-refractivity contribution >= 4 is 28.3 Å². The lowest BCUT2D eigenvalue weighted by atomic mass is 10.0. The first-order valence-corrected chi connectivity index (χ1v) is 10.3. The fraction of sp³-hybridized carbons (Fsp3) is 0.261. The molecule has 152 valence electrons. The summed E-state index contributed by atoms with van der Waals surface area (Å²) in [7, 11) is 0. The van der Waals surface area contributed by atoms with E-state index in [0.717, 1.165) is 45.8 Å². The Kier molecular flexibility index (Phi) is 4.89. The molecule has 0 radical (unpaired) electrons. The average molecular weight is 421 g/mol. The van der Waals surface area contributed by atoms with Gasteiger partial charge in [0, 0.05) is 17.5 Å². The average Bonchev–Trinajstić information content (AvgIpc) is 3.11. The van der Waals surface area contributed by atoms with Gasteiger partial charge in [0.1, 0.15) is 11.6 Å². The predicted molar refractivity (Wildman–Crippen MR) is 117 cm³/mol. The SMILES string of the molecule is Cc1noc(C)c1-c1ccc2nc(Cl)nc(N3CCOC[C@H]3c3ccccc3)c2c1. The predicted octanol–water partition coefficient (Wildman–Crippen LogP) is 5.13. The summed E-state index contributed by atoms with van der Waals surface area (Å²) in [5, 5.41) is 5.28. The number of fused-ring (bicyclic) bond motifs is 1. The van der Waals surface area contributed by atoms with Gasteiger partial charge in [0.15, 0.2) is 0 Å². The van der Waals surface area contributed by atoms with E-state index >= 15 is 0 Å². The Hall–Kier alpha value is -2.96. The summed E-state index contributed by atoms with van der Waals surface area (Å²) >= 11 is 6.32. The first-order valence-electron chi connectivity index (χ1n) is 9.91. The minimum Gasteiger partial charge on any atom is -0.377 e. The summed E-state index contributed by atoms with van der Waals surface area (Å²) in [5.74, 6) is 1.60. The number of nitrogens with zero attached hydrogens (tertiary/aromatic N) is 4. The molecule has 5 rings (SSSR count). The van der Waals surface area contributed by atoms with E-state index in [0.29, 0.717) is 13.2 Å². The minimum atomic E-state index is 0.0526. The highest BCUT2D eigenvalue weighted by Gasteiger charge is 2.28. The van der Waals surface area contributed by atoms with Gasteiger partial charge >= 0.3 is 0 Å². The number of rotatable bonds is 3. The zero-order valence-electron chi connectivity index (χ0n) is 16.8. The van der Waals surface area contributed by atoms with Crippen molar-refractivity contribution in [2.45, 2.75) is 19.9 Å². The highest BCUT2D eigenvalue weighted by molar-refractivity contribution is 6.28. The van der Waals surface area contributed by atoms with Crippen LogP contribution < -0.4 is 4.90 Å². The van der Waals surface area contributed by atoms with Crippen LogP contribution in [0.15, 0.2) is 53.1 Å². The third-order valence-electron chi connectivity index (χ3n) is 5.56. The van der Waals surface area contributed by atoms with Crippen LogP contribution in [-0.4, -0.2) is 34.9 Å². The number of anilines is 1. The van der Waals surface area contributed by atoms with Gasteiger partial charge in [-0.1, -0.05) is 41.6 Å². The summed E-state index contributed by atoms with van der Waals surface area (Å²) in [6.07, 6.45) is 0. The Labute approximate surface area is 179 Å². The van der Waals surface area contributed by atoms with Gasteiger partial charge in [-0.05, 0) is 48.7 Å². The highest BCUT2D eigenvalue weighted by atomic mass is 35.5. The van der Waals surface area contributed by atoms with E-state index in [4.69, 9.17) is 20.9 Å². The van der Waals surface area contributed by atoms with Crippen molar-refractivity contribution in [3.63, 3.8) is 0 Å². The van der Waals surface area contributed by atoms with E-state index in [9.17, 15) is 0 Å². The van der Waals surface area contributed by atoms with Crippen molar-refractivity contribution in [1.82, 2.24) is 15.1 Å². The third-order valence-corrected chi connectivity index (χ3v) is 5.72. The molecule has 1 saturated heterocycles. The molecule has 6 nitrogen and oxygen atoms in total. The molecule has 1 aliphatic heterocycles. The molecule has 0 spiro atoms. The second-order valence-electron chi connectivity index (χ2n) is 7.44. The summed E-state index contributed by atoms with van der Waals surface area (Å²) in [4.78, 5) is 11.4. The van der Waals surface area contributed by atoms with Gasteiger partial charge in [0.25, 0.3) is 0 Å². The molecule has 0 unspecified atom stereocenters. The van der Waals surface area contributed by atoms with Gasteiger partial charge in [-0.3, -0.25) is 0 Å². The molecule has 2 aromatic carbocycles. The number of halogens is 1. The first kappa shape index (κ1) is 19.0. The minimum absolute atomic E-state index is 0.0526. The normalized spacial score (nSPS) is 16.9. The number of hydrogen-bond acceptors (Lipinski definition) is 6. The molecular weight excluding hydrogens is 400 g/mol. The molecule has 0 amide bonds. The van der Waals surface area contributed by atoms with Gasteiger partial charge in [0.05, 0.1) is 30.5 Å². The monoisotopic (exact) mass is 420 g/mol. The molecule has 0 bridgehead atoms. The zero-order valence-corrected chi connectivity index (χ0v) is 17.6. The summed E-state index contributed by atoms with van der Waals surface area (Å²) < 4.78 is 11.2. The molecule has 7 heteroatoms. The summed E-state index contributed by atoms with van der Waals surface area (Å²) in [6, 6.07) is 16.5. The zero-order chi connectivity index (χ0) is 20.7. The van der Waals surface area contributed by atoms with Crippen LogP contribution in [0.1, 0.15) is 23.1 Å². The molecule has 4 aromatic rings. The second kappa shape index (κ2) is 7.70. The number of morpholine rings is 1. The van der Waals surface area contributed by atoms with Crippen LogP contribution in [0.5, 0.6) is 0 Å². The molecule has 1 atom stereocenters. The topological polar surface area (TPSA) is 64.3 Å². The van der Waals surface area contributed by atoms with E-state index in [-0.39, 0.29) is 11.3 Å². The maximum Gasteiger partial charge on any atom is 0.224 e. The number of benzene rings is 2. The van der Waals surface area contributed by atoms with Crippen LogP contribution in [0.25, 0.3) is 22.0 Å². The van der Waals surface area contributed by atoms with Crippen LogP contribution in [0.4, 0.5) is 5.82 Å². The summed E-state index contributed by atoms with van der Waals surface area (Å²) in [5.41, 5.74) is 4.87. The Balaban J connectivity index is 1.68. The lowest BCUT2D eigenvalue weighted by Crippen LogP contribution is -2.40. The smallest absolute Gasteiger partial charge is 0.224 e. The van der Waals surface area contributed by atoms with Crippen LogP contribution in [0.3, 0.4) is 0 Å². The molecule has 1 aliphatic rings. The van der Waals surface area contributed by atoms with E-state index in [1.807, 2.05) is 44.2 Å². The summed E-state index contributed by atoms with van der Waals surface area (Å²) in [6.45, 7) is 5.82. The van der Waals surface area contributed by atoms with Gasteiger partial charge in [-0.2, -0.15) is 4.98 Å². The van der Waals surface area contributed by atoms with Crippen molar-refractivity contribution in [2.24, 2.45) is 0 Å². The molecule has 30 heavy (non-hydrogen) atoms. The van der Waals surface area contributed by atoms with Crippen LogP contribution >= 0.6 is 11.6 Å². The number of aryl methyl sites for hydroxylation is 2. The van der Waals surface area contributed by atoms with Crippen molar-refractivity contribution < 1.29 is 9.26 Å². The van der Waals surface area contributed by atoms with Crippen LogP contribution in [-0.2, 0) is 4.74 Å². The first-order chi connectivity index (χ1) is 14.6. The maximum atomic E-state index is 6.32. The Morgan fingerprint density at radius 2 is 1.90 bits per heavy atom. The lowest BCUT2D eigenvalue weighted by molar-refractivity contribution is 0.0939. The molecule has 0 aliphatic carbocycles. The molecule has 0 N–H and O–H groups in total. The Bertz CT molecular complexity index is 1190. The van der Waals surface area contributed by atoms with Gasteiger partial charge in [0.2, 0.25) is 5.28 Å². The van der Waals surface area contributed by atoms with Crippen molar-refractivity contribution in [3.05, 3.63) is 70.8 Å². The van der Waals surface area contributed by atoms with E-state index in [1.165, 1.54) is 5.56 Å². The number of ether oxygens (including phenoxy) is 1. The third kappa shape index (κ3) is 3.32. The lowest BCUT2D eigenvalue weighted by Gasteiger charge is -2.37. The van der Waals surface area contributed by atoms with Crippen LogP contribution in [0.2, 0.25) is 5.28 Å². The van der Waals surface area contributed by atoms with E-state index in [1.54, 1.807) is 0 Å². The highest BCUT2D eigenvalue weighted by Crippen LogP contribution is 2.36. The van der Waals surface area contributed by atoms with Crippen molar-refractivity contribution in [1.29, 1.82) is 0 Å². The van der Waals surface area contributed by atoms with Gasteiger partial charge < -0.3 is 14.2 Å². The second-order valence-corrected chi connectivity index (χ2v) is 7.78. The van der Waals surface area contributed by atoms with Crippen LogP contribution in [0, 0.1) is 13.8 Å². The maximum absolute atomic E-state index is 6.32. The van der Waals surface area contributed by atoms with Gasteiger partial charge in [-0.15, -0.1) is 0 Å². The van der Waals surface area contributed by atoms with E-state index < -0.39 is 0 Å². The van der Waals surface area contributed by atoms with E-state index in [2.05, 4.69) is 38.2 Å².